The normalized spacial score (nSPS) is 10.3. The molecule has 1 N–H and O–H groups in total. The maximum absolute atomic E-state index is 12.1. The lowest BCUT2D eigenvalue weighted by molar-refractivity contribution is -0.384. The summed E-state index contributed by atoms with van der Waals surface area (Å²) in [5, 5.41) is 13.6. The molecule has 9 heteroatoms. The second kappa shape index (κ2) is 7.26. The largest absolute Gasteiger partial charge is 0.496 e. The van der Waals surface area contributed by atoms with E-state index < -0.39 is 10.8 Å². The first-order chi connectivity index (χ1) is 11.3. The maximum Gasteiger partial charge on any atom is 0.296 e. The summed E-state index contributed by atoms with van der Waals surface area (Å²) < 4.78 is 6.82. The van der Waals surface area contributed by atoms with Gasteiger partial charge in [0.05, 0.1) is 18.1 Å². The van der Waals surface area contributed by atoms with Crippen LogP contribution in [0.5, 0.6) is 5.75 Å². The average Bonchev–Trinajstić information content (AvgIpc) is 2.52. The number of hydrogen-bond donors (Lipinski definition) is 1. The number of nitrogens with one attached hydrogen (secondary N) is 1. The van der Waals surface area contributed by atoms with Gasteiger partial charge in [0, 0.05) is 16.2 Å². The number of nitro benzene ring substituents is 1. The molecule has 0 aliphatic rings. The van der Waals surface area contributed by atoms with E-state index in [0.29, 0.717) is 15.8 Å². The van der Waals surface area contributed by atoms with Crippen LogP contribution in [0.2, 0.25) is 0 Å². The van der Waals surface area contributed by atoms with Crippen molar-refractivity contribution in [3.05, 3.63) is 61.0 Å². The molecule has 2 aromatic rings. The number of aryl methyl sites for hydroxylation is 1. The van der Waals surface area contributed by atoms with E-state index in [0.717, 1.165) is 0 Å². The van der Waals surface area contributed by atoms with E-state index in [2.05, 4.69) is 21.2 Å². The number of amides is 1. The zero-order valence-electron chi connectivity index (χ0n) is 12.9. The molecule has 0 saturated heterocycles. The molecule has 0 fully saturated rings. The number of carbonyl (C=O) groups is 1. The molecule has 1 amide bonds. The van der Waals surface area contributed by atoms with Crippen molar-refractivity contribution in [3.63, 3.8) is 0 Å². The molecule has 1 aromatic carbocycles. The highest BCUT2D eigenvalue weighted by Gasteiger charge is 2.17. The van der Waals surface area contributed by atoms with Gasteiger partial charge in [-0.3, -0.25) is 19.7 Å². The van der Waals surface area contributed by atoms with Gasteiger partial charge in [-0.25, -0.2) is 0 Å². The SMILES string of the molecule is COc1ccc(NC(=O)Cn2cc(Br)cc(C)c2=O)c([N+](=O)[O-])c1. The molecule has 8 nitrogen and oxygen atoms in total. The molecule has 0 spiro atoms. The number of methoxy groups -OCH3 is 1. The third-order valence-corrected chi connectivity index (χ3v) is 3.66. The van der Waals surface area contributed by atoms with E-state index in [-0.39, 0.29) is 23.5 Å². The van der Waals surface area contributed by atoms with Crippen molar-refractivity contribution in [1.82, 2.24) is 4.57 Å². The van der Waals surface area contributed by atoms with E-state index in [1.807, 2.05) is 0 Å². The van der Waals surface area contributed by atoms with E-state index in [9.17, 15) is 19.7 Å². The van der Waals surface area contributed by atoms with E-state index in [1.54, 1.807) is 13.0 Å². The van der Waals surface area contributed by atoms with Gasteiger partial charge in [-0.05, 0) is 41.1 Å². The summed E-state index contributed by atoms with van der Waals surface area (Å²) in [6.45, 7) is 1.37. The Hall–Kier alpha value is -2.68. The molecule has 1 aromatic heterocycles. The number of halogens is 1. The fourth-order valence-electron chi connectivity index (χ4n) is 2.10. The van der Waals surface area contributed by atoms with Crippen molar-refractivity contribution < 1.29 is 14.5 Å². The number of aromatic nitrogens is 1. The Labute approximate surface area is 145 Å². The Morgan fingerprint density at radius 1 is 1.42 bits per heavy atom. The number of pyridine rings is 1. The first kappa shape index (κ1) is 17.7. The zero-order chi connectivity index (χ0) is 17.9. The van der Waals surface area contributed by atoms with Gasteiger partial charge >= 0.3 is 0 Å². The summed E-state index contributed by atoms with van der Waals surface area (Å²) in [6, 6.07) is 5.73. The fraction of sp³-hybridized carbons (Fsp3) is 0.200. The summed E-state index contributed by atoms with van der Waals surface area (Å²) in [7, 11) is 1.39. The highest BCUT2D eigenvalue weighted by Crippen LogP contribution is 2.28. The summed E-state index contributed by atoms with van der Waals surface area (Å²) in [5.41, 5.74) is -0.0868. The molecule has 0 unspecified atom stereocenters. The summed E-state index contributed by atoms with van der Waals surface area (Å²) in [5.74, 6) is -0.249. The molecule has 0 saturated carbocycles. The smallest absolute Gasteiger partial charge is 0.296 e. The Morgan fingerprint density at radius 3 is 2.75 bits per heavy atom. The van der Waals surface area contributed by atoms with Gasteiger partial charge < -0.3 is 14.6 Å². The molecule has 0 atom stereocenters. The summed E-state index contributed by atoms with van der Waals surface area (Å²) in [4.78, 5) is 34.6. The van der Waals surface area contributed by atoms with Crippen molar-refractivity contribution in [2.75, 3.05) is 12.4 Å². The predicted octanol–water partition coefficient (Wildman–Crippen LogP) is 2.47. The average molecular weight is 396 g/mol. The lowest BCUT2D eigenvalue weighted by atomic mass is 10.2. The molecular weight excluding hydrogens is 382 g/mol. The minimum Gasteiger partial charge on any atom is -0.496 e. The van der Waals surface area contributed by atoms with Crippen LogP contribution in [-0.4, -0.2) is 22.5 Å². The summed E-state index contributed by atoms with van der Waals surface area (Å²) >= 11 is 3.26. The van der Waals surface area contributed by atoms with Crippen LogP contribution in [0, 0.1) is 17.0 Å². The van der Waals surface area contributed by atoms with Gasteiger partial charge in [-0.2, -0.15) is 0 Å². The quantitative estimate of drug-likeness (QED) is 0.618. The Bertz CT molecular complexity index is 863. The van der Waals surface area contributed by atoms with Crippen molar-refractivity contribution in [1.29, 1.82) is 0 Å². The molecular formula is C15H14BrN3O5. The van der Waals surface area contributed by atoms with Gasteiger partial charge in [0.25, 0.3) is 11.2 Å². The van der Waals surface area contributed by atoms with Crippen LogP contribution in [0.15, 0.2) is 39.7 Å². The highest BCUT2D eigenvalue weighted by molar-refractivity contribution is 9.10. The van der Waals surface area contributed by atoms with Crippen LogP contribution < -0.4 is 15.6 Å². The van der Waals surface area contributed by atoms with Gasteiger partial charge in [-0.1, -0.05) is 0 Å². The number of ether oxygens (including phenoxy) is 1. The van der Waals surface area contributed by atoms with Crippen LogP contribution in [0.25, 0.3) is 0 Å². The van der Waals surface area contributed by atoms with Crippen molar-refractivity contribution in [2.24, 2.45) is 0 Å². The third-order valence-electron chi connectivity index (χ3n) is 3.22. The molecule has 0 radical (unpaired) electrons. The predicted molar refractivity (Wildman–Crippen MR) is 91.4 cm³/mol. The first-order valence-electron chi connectivity index (χ1n) is 6.80. The number of carbonyl (C=O) groups excluding carboxylic acids is 1. The molecule has 24 heavy (non-hydrogen) atoms. The summed E-state index contributed by atoms with van der Waals surface area (Å²) in [6.07, 6.45) is 1.48. The Morgan fingerprint density at radius 2 is 2.12 bits per heavy atom. The monoisotopic (exact) mass is 395 g/mol. The van der Waals surface area contributed by atoms with Gasteiger partial charge in [-0.15, -0.1) is 0 Å². The number of anilines is 1. The lowest BCUT2D eigenvalue weighted by Gasteiger charge is -2.10. The topological polar surface area (TPSA) is 103 Å². The number of benzene rings is 1. The molecule has 2 rings (SSSR count). The molecule has 1 heterocycles. The van der Waals surface area contributed by atoms with Crippen LogP contribution in [0.1, 0.15) is 5.56 Å². The first-order valence-corrected chi connectivity index (χ1v) is 7.60. The second-order valence-corrected chi connectivity index (χ2v) is 5.88. The van der Waals surface area contributed by atoms with Crippen molar-refractivity contribution in [3.8, 4) is 5.75 Å². The lowest BCUT2D eigenvalue weighted by Crippen LogP contribution is -2.28. The minimum atomic E-state index is -0.618. The molecule has 126 valence electrons. The van der Waals surface area contributed by atoms with Crippen LogP contribution in [0.3, 0.4) is 0 Å². The van der Waals surface area contributed by atoms with Gasteiger partial charge in [0.1, 0.15) is 18.0 Å². The van der Waals surface area contributed by atoms with Crippen LogP contribution in [0.4, 0.5) is 11.4 Å². The van der Waals surface area contributed by atoms with Crippen LogP contribution >= 0.6 is 15.9 Å². The zero-order valence-corrected chi connectivity index (χ0v) is 14.5. The van der Waals surface area contributed by atoms with E-state index in [4.69, 9.17) is 4.74 Å². The minimum absolute atomic E-state index is 0.0329. The van der Waals surface area contributed by atoms with Gasteiger partial charge in [0.15, 0.2) is 0 Å². The van der Waals surface area contributed by atoms with Crippen molar-refractivity contribution >= 4 is 33.2 Å². The number of nitro groups is 1. The highest BCUT2D eigenvalue weighted by atomic mass is 79.9. The fourth-order valence-corrected chi connectivity index (χ4v) is 2.69. The number of hydrogen-bond acceptors (Lipinski definition) is 5. The Kier molecular flexibility index (Phi) is 5.35. The van der Waals surface area contributed by atoms with E-state index in [1.165, 1.54) is 36.1 Å². The number of rotatable bonds is 5. The molecule has 0 bridgehead atoms. The van der Waals surface area contributed by atoms with Crippen LogP contribution in [-0.2, 0) is 11.3 Å². The standard InChI is InChI=1S/C15H14BrN3O5/c1-9-5-10(16)7-18(15(9)21)8-14(20)17-12-4-3-11(24-2)6-13(12)19(22)23/h3-7H,8H2,1-2H3,(H,17,20). The Balaban J connectivity index is 2.25. The molecule has 0 aliphatic heterocycles. The van der Waals surface area contributed by atoms with Gasteiger partial charge in [0.2, 0.25) is 5.91 Å². The van der Waals surface area contributed by atoms with Crippen molar-refractivity contribution in [2.45, 2.75) is 13.5 Å². The second-order valence-electron chi connectivity index (χ2n) is 4.96. The van der Waals surface area contributed by atoms with E-state index >= 15 is 0 Å². The molecule has 0 aliphatic carbocycles. The third kappa shape index (κ3) is 3.99. The number of nitrogens with zero attached hydrogens (tertiary/aromatic N) is 2. The maximum atomic E-state index is 12.1.